The van der Waals surface area contributed by atoms with Crippen LogP contribution in [0.3, 0.4) is 0 Å². The molecule has 9 heteroatoms. The first-order valence-electron chi connectivity index (χ1n) is 9.92. The largest absolute Gasteiger partial charge is 0.357 e. The summed E-state index contributed by atoms with van der Waals surface area (Å²) in [6, 6.07) is 7.47. The van der Waals surface area contributed by atoms with E-state index in [1.54, 1.807) is 34.1 Å². The van der Waals surface area contributed by atoms with E-state index in [2.05, 4.69) is 25.3 Å². The number of carbonyl (C=O) groups excluding carboxylic acids is 1. The first-order chi connectivity index (χ1) is 14.6. The molecule has 0 atom stereocenters. The SMILES string of the molecule is CNC.O=C1c2nn(-c3ccc(Cl)cn3)cc2CN1c1ccc(N2CCCC2)nc1. The zero-order valence-corrected chi connectivity index (χ0v) is 17.8. The summed E-state index contributed by atoms with van der Waals surface area (Å²) in [6.07, 6.45) is 7.59. The molecule has 156 valence electrons. The van der Waals surface area contributed by atoms with Gasteiger partial charge < -0.3 is 15.1 Å². The summed E-state index contributed by atoms with van der Waals surface area (Å²) in [7, 11) is 3.75. The Balaban J connectivity index is 0.000000687. The van der Waals surface area contributed by atoms with Crippen molar-refractivity contribution in [1.29, 1.82) is 0 Å². The van der Waals surface area contributed by atoms with Gasteiger partial charge in [-0.2, -0.15) is 5.10 Å². The number of rotatable bonds is 3. The van der Waals surface area contributed by atoms with Gasteiger partial charge in [0.05, 0.1) is 23.5 Å². The van der Waals surface area contributed by atoms with Gasteiger partial charge in [-0.3, -0.25) is 4.79 Å². The van der Waals surface area contributed by atoms with Crippen LogP contribution >= 0.6 is 11.6 Å². The third-order valence-corrected chi connectivity index (χ3v) is 5.21. The van der Waals surface area contributed by atoms with E-state index in [1.165, 1.54) is 12.8 Å². The van der Waals surface area contributed by atoms with E-state index < -0.39 is 0 Å². The van der Waals surface area contributed by atoms with Gasteiger partial charge in [0.25, 0.3) is 5.91 Å². The maximum absolute atomic E-state index is 12.8. The molecule has 3 aromatic rings. The second-order valence-corrected chi connectivity index (χ2v) is 7.68. The minimum Gasteiger partial charge on any atom is -0.357 e. The smallest absolute Gasteiger partial charge is 0.279 e. The number of aromatic nitrogens is 4. The molecule has 2 aliphatic rings. The Kier molecular flexibility index (Phi) is 5.96. The quantitative estimate of drug-likeness (QED) is 0.695. The fourth-order valence-electron chi connectivity index (χ4n) is 3.58. The maximum atomic E-state index is 12.8. The van der Waals surface area contributed by atoms with Crippen molar-refractivity contribution < 1.29 is 4.79 Å². The third-order valence-electron chi connectivity index (χ3n) is 4.99. The predicted octanol–water partition coefficient (Wildman–Crippen LogP) is 2.91. The van der Waals surface area contributed by atoms with Crippen LogP contribution in [0.5, 0.6) is 0 Å². The van der Waals surface area contributed by atoms with Crippen molar-refractivity contribution in [3.05, 3.63) is 59.1 Å². The molecular weight excluding hydrogens is 402 g/mol. The first kappa shape index (κ1) is 20.3. The number of pyridine rings is 2. The molecule has 1 fully saturated rings. The Morgan fingerprint density at radius 1 is 1.00 bits per heavy atom. The number of anilines is 2. The number of carbonyl (C=O) groups is 1. The number of amides is 1. The second kappa shape index (κ2) is 8.81. The Labute approximate surface area is 180 Å². The van der Waals surface area contributed by atoms with Crippen LogP contribution in [0.1, 0.15) is 28.9 Å². The van der Waals surface area contributed by atoms with E-state index in [0.29, 0.717) is 23.1 Å². The van der Waals surface area contributed by atoms with Crippen molar-refractivity contribution in [2.24, 2.45) is 0 Å². The number of halogens is 1. The van der Waals surface area contributed by atoms with Crippen molar-refractivity contribution in [1.82, 2.24) is 25.1 Å². The lowest BCUT2D eigenvalue weighted by atomic mass is 10.3. The Morgan fingerprint density at radius 2 is 1.70 bits per heavy atom. The zero-order valence-electron chi connectivity index (χ0n) is 17.0. The molecule has 5 heterocycles. The molecule has 30 heavy (non-hydrogen) atoms. The molecule has 0 unspecified atom stereocenters. The highest BCUT2D eigenvalue weighted by Gasteiger charge is 2.32. The minimum absolute atomic E-state index is 0.117. The van der Waals surface area contributed by atoms with Crippen molar-refractivity contribution in [3.63, 3.8) is 0 Å². The summed E-state index contributed by atoms with van der Waals surface area (Å²) >= 11 is 5.87. The summed E-state index contributed by atoms with van der Waals surface area (Å²) in [5.74, 6) is 1.48. The van der Waals surface area contributed by atoms with Crippen LogP contribution in [0.2, 0.25) is 5.02 Å². The summed E-state index contributed by atoms with van der Waals surface area (Å²) in [4.78, 5) is 25.6. The molecule has 1 N–H and O–H groups in total. The van der Waals surface area contributed by atoms with Gasteiger partial charge in [0.15, 0.2) is 11.5 Å². The molecule has 0 bridgehead atoms. The molecule has 5 rings (SSSR count). The van der Waals surface area contributed by atoms with Gasteiger partial charge in [-0.05, 0) is 51.2 Å². The van der Waals surface area contributed by atoms with Crippen LogP contribution in [0.4, 0.5) is 11.5 Å². The lowest BCUT2D eigenvalue weighted by Crippen LogP contribution is -2.25. The summed E-state index contributed by atoms with van der Waals surface area (Å²) in [6.45, 7) is 2.58. The monoisotopic (exact) mass is 425 g/mol. The summed E-state index contributed by atoms with van der Waals surface area (Å²) in [5.41, 5.74) is 2.12. The highest BCUT2D eigenvalue weighted by molar-refractivity contribution is 6.30. The molecule has 0 aliphatic carbocycles. The van der Waals surface area contributed by atoms with Crippen LogP contribution in [-0.4, -0.2) is 52.8 Å². The van der Waals surface area contributed by atoms with Crippen LogP contribution in [0, 0.1) is 0 Å². The Morgan fingerprint density at radius 3 is 2.30 bits per heavy atom. The molecule has 2 aliphatic heterocycles. The predicted molar refractivity (Wildman–Crippen MR) is 118 cm³/mol. The summed E-state index contributed by atoms with van der Waals surface area (Å²) in [5, 5.41) is 7.73. The van der Waals surface area contributed by atoms with Crippen molar-refractivity contribution in [2.75, 3.05) is 37.0 Å². The number of hydrogen-bond donors (Lipinski definition) is 1. The van der Waals surface area contributed by atoms with Gasteiger partial charge in [-0.15, -0.1) is 0 Å². The van der Waals surface area contributed by atoms with Crippen LogP contribution < -0.4 is 15.1 Å². The van der Waals surface area contributed by atoms with E-state index in [0.717, 1.165) is 30.2 Å². The van der Waals surface area contributed by atoms with E-state index in [-0.39, 0.29) is 5.91 Å². The molecular formula is C21H24ClN7O. The first-order valence-corrected chi connectivity index (χ1v) is 10.3. The zero-order chi connectivity index (χ0) is 21.1. The topological polar surface area (TPSA) is 79.2 Å². The normalized spacial score (nSPS) is 15.2. The number of nitrogens with zero attached hydrogens (tertiary/aromatic N) is 6. The van der Waals surface area contributed by atoms with E-state index in [9.17, 15) is 4.79 Å². The van der Waals surface area contributed by atoms with Crippen LogP contribution in [0.25, 0.3) is 5.82 Å². The molecule has 0 aromatic carbocycles. The second-order valence-electron chi connectivity index (χ2n) is 7.24. The van der Waals surface area contributed by atoms with Crippen LogP contribution in [0.15, 0.2) is 42.9 Å². The van der Waals surface area contributed by atoms with E-state index in [1.807, 2.05) is 32.4 Å². The fraction of sp³-hybridized carbons (Fsp3) is 0.333. The van der Waals surface area contributed by atoms with Gasteiger partial charge in [0.1, 0.15) is 5.82 Å². The van der Waals surface area contributed by atoms with Crippen molar-refractivity contribution in [3.8, 4) is 5.82 Å². The maximum Gasteiger partial charge on any atom is 0.279 e. The Bertz CT molecular complexity index is 1010. The van der Waals surface area contributed by atoms with E-state index >= 15 is 0 Å². The molecule has 0 spiro atoms. The average molecular weight is 426 g/mol. The van der Waals surface area contributed by atoms with Gasteiger partial charge in [-0.1, -0.05) is 11.6 Å². The van der Waals surface area contributed by atoms with Gasteiger partial charge in [-0.25, -0.2) is 14.6 Å². The Hall–Kier alpha value is -2.97. The molecule has 1 amide bonds. The molecule has 1 saturated heterocycles. The molecule has 0 saturated carbocycles. The van der Waals surface area contributed by atoms with Gasteiger partial charge >= 0.3 is 0 Å². The standard InChI is InChI=1S/C19H17ClN6O.C2H7N/c20-14-3-5-17(21-9-14)26-12-13-11-25(19(27)18(13)23-26)15-4-6-16(22-10-15)24-7-1-2-8-24;1-3-2/h3-6,9-10,12H,1-2,7-8,11H2;3H,1-2H3. The highest BCUT2D eigenvalue weighted by atomic mass is 35.5. The lowest BCUT2D eigenvalue weighted by Gasteiger charge is -2.19. The number of hydrogen-bond acceptors (Lipinski definition) is 6. The van der Waals surface area contributed by atoms with Crippen molar-refractivity contribution in [2.45, 2.75) is 19.4 Å². The lowest BCUT2D eigenvalue weighted by molar-refractivity contribution is 0.0991. The number of nitrogens with one attached hydrogen (secondary N) is 1. The highest BCUT2D eigenvalue weighted by Crippen LogP contribution is 2.29. The van der Waals surface area contributed by atoms with Gasteiger partial charge in [0, 0.05) is 31.0 Å². The third kappa shape index (κ3) is 4.01. The number of fused-ring (bicyclic) bond motifs is 1. The average Bonchev–Trinajstić information content (AvgIpc) is 3.48. The minimum atomic E-state index is -0.117. The van der Waals surface area contributed by atoms with Crippen molar-refractivity contribution >= 4 is 29.0 Å². The molecule has 8 nitrogen and oxygen atoms in total. The fourth-order valence-corrected chi connectivity index (χ4v) is 3.69. The molecule has 3 aromatic heterocycles. The summed E-state index contributed by atoms with van der Waals surface area (Å²) < 4.78 is 1.62. The van der Waals surface area contributed by atoms with Gasteiger partial charge in [0.2, 0.25) is 0 Å². The molecule has 0 radical (unpaired) electrons. The van der Waals surface area contributed by atoms with Crippen LogP contribution in [-0.2, 0) is 6.54 Å². The van der Waals surface area contributed by atoms with E-state index in [4.69, 9.17) is 11.6 Å².